The van der Waals surface area contributed by atoms with E-state index in [1.165, 1.54) is 12.1 Å². The molecular weight excluding hydrogens is 265 g/mol. The third-order valence-corrected chi connectivity index (χ3v) is 3.47. The maximum absolute atomic E-state index is 13.0. The number of nitrogens with zero attached hydrogens (tertiary/aromatic N) is 2. The molecule has 106 valence electrons. The summed E-state index contributed by atoms with van der Waals surface area (Å²) < 4.78 is 13.0. The lowest BCUT2D eigenvalue weighted by atomic mass is 10.1. The van der Waals surface area contributed by atoms with Gasteiger partial charge in [0.25, 0.3) is 0 Å². The van der Waals surface area contributed by atoms with Crippen LogP contribution in [0.25, 0.3) is 11.0 Å². The molecule has 0 spiro atoms. The summed E-state index contributed by atoms with van der Waals surface area (Å²) >= 11 is 0. The Balaban J connectivity index is 1.90. The Hall–Kier alpha value is -2.49. The van der Waals surface area contributed by atoms with Crippen LogP contribution in [0, 0.1) is 12.7 Å². The highest BCUT2D eigenvalue weighted by atomic mass is 19.1. The summed E-state index contributed by atoms with van der Waals surface area (Å²) in [5.41, 5.74) is 3.60. The molecule has 1 N–H and O–H groups in total. The highest BCUT2D eigenvalue weighted by Crippen LogP contribution is 2.22. The fourth-order valence-electron chi connectivity index (χ4n) is 2.26. The van der Waals surface area contributed by atoms with Gasteiger partial charge in [-0.25, -0.2) is 14.4 Å². The first-order chi connectivity index (χ1) is 10.1. The summed E-state index contributed by atoms with van der Waals surface area (Å²) in [7, 11) is 0. The van der Waals surface area contributed by atoms with Crippen molar-refractivity contribution in [3.8, 4) is 0 Å². The zero-order chi connectivity index (χ0) is 14.8. The van der Waals surface area contributed by atoms with E-state index in [4.69, 9.17) is 0 Å². The number of rotatable bonds is 3. The van der Waals surface area contributed by atoms with Crippen molar-refractivity contribution in [2.45, 2.75) is 19.9 Å². The van der Waals surface area contributed by atoms with Gasteiger partial charge in [0.05, 0.1) is 22.8 Å². The van der Waals surface area contributed by atoms with Crippen molar-refractivity contribution in [3.05, 3.63) is 65.6 Å². The van der Waals surface area contributed by atoms with Crippen molar-refractivity contribution in [2.75, 3.05) is 5.32 Å². The van der Waals surface area contributed by atoms with Crippen LogP contribution in [-0.4, -0.2) is 9.97 Å². The Morgan fingerprint density at radius 2 is 1.57 bits per heavy atom. The SMILES string of the molecule is Cc1nc2ccccc2nc1NC(C)c1ccc(F)cc1. The van der Waals surface area contributed by atoms with Gasteiger partial charge in [-0.05, 0) is 43.7 Å². The topological polar surface area (TPSA) is 37.8 Å². The number of aryl methyl sites for hydroxylation is 1. The fraction of sp³-hybridized carbons (Fsp3) is 0.176. The van der Waals surface area contributed by atoms with Crippen LogP contribution in [0.15, 0.2) is 48.5 Å². The highest BCUT2D eigenvalue weighted by Gasteiger charge is 2.10. The van der Waals surface area contributed by atoms with Crippen molar-refractivity contribution in [3.63, 3.8) is 0 Å². The van der Waals surface area contributed by atoms with Crippen LogP contribution >= 0.6 is 0 Å². The lowest BCUT2D eigenvalue weighted by Crippen LogP contribution is -2.10. The molecule has 0 aliphatic rings. The minimum atomic E-state index is -0.229. The van der Waals surface area contributed by atoms with Crippen LogP contribution in [0.3, 0.4) is 0 Å². The highest BCUT2D eigenvalue weighted by molar-refractivity contribution is 5.76. The van der Waals surface area contributed by atoms with Gasteiger partial charge in [0.1, 0.15) is 11.6 Å². The van der Waals surface area contributed by atoms with E-state index in [0.29, 0.717) is 0 Å². The number of hydrogen-bond donors (Lipinski definition) is 1. The Morgan fingerprint density at radius 1 is 0.952 bits per heavy atom. The number of hydrogen-bond acceptors (Lipinski definition) is 3. The second-order valence-corrected chi connectivity index (χ2v) is 5.06. The van der Waals surface area contributed by atoms with E-state index in [2.05, 4.69) is 15.3 Å². The molecule has 1 heterocycles. The van der Waals surface area contributed by atoms with Crippen molar-refractivity contribution in [1.29, 1.82) is 0 Å². The lowest BCUT2D eigenvalue weighted by molar-refractivity contribution is 0.626. The van der Waals surface area contributed by atoms with Gasteiger partial charge in [0.2, 0.25) is 0 Å². The van der Waals surface area contributed by atoms with Gasteiger partial charge >= 0.3 is 0 Å². The average Bonchev–Trinajstić information content (AvgIpc) is 2.48. The van der Waals surface area contributed by atoms with Gasteiger partial charge in [-0.15, -0.1) is 0 Å². The first-order valence-corrected chi connectivity index (χ1v) is 6.89. The second-order valence-electron chi connectivity index (χ2n) is 5.06. The van der Waals surface area contributed by atoms with E-state index in [0.717, 1.165) is 28.1 Å². The number of nitrogens with one attached hydrogen (secondary N) is 1. The van der Waals surface area contributed by atoms with E-state index >= 15 is 0 Å². The van der Waals surface area contributed by atoms with E-state index in [9.17, 15) is 4.39 Å². The smallest absolute Gasteiger partial charge is 0.148 e. The number of aromatic nitrogens is 2. The third-order valence-electron chi connectivity index (χ3n) is 3.47. The van der Waals surface area contributed by atoms with Crippen LogP contribution < -0.4 is 5.32 Å². The van der Waals surface area contributed by atoms with Gasteiger partial charge in [0.15, 0.2) is 0 Å². The number of anilines is 1. The minimum Gasteiger partial charge on any atom is -0.362 e. The number of fused-ring (bicyclic) bond motifs is 1. The van der Waals surface area contributed by atoms with Gasteiger partial charge in [-0.1, -0.05) is 24.3 Å². The van der Waals surface area contributed by atoms with Gasteiger partial charge in [-0.3, -0.25) is 0 Å². The molecule has 2 aromatic carbocycles. The summed E-state index contributed by atoms with van der Waals surface area (Å²) in [6.45, 7) is 3.95. The van der Waals surface area contributed by atoms with Crippen molar-refractivity contribution < 1.29 is 4.39 Å². The second kappa shape index (κ2) is 5.48. The van der Waals surface area contributed by atoms with Crippen LogP contribution in [0.4, 0.5) is 10.2 Å². The molecule has 1 aromatic heterocycles. The molecule has 0 saturated carbocycles. The van der Waals surface area contributed by atoms with Gasteiger partial charge in [-0.2, -0.15) is 0 Å². The van der Waals surface area contributed by atoms with E-state index in [-0.39, 0.29) is 11.9 Å². The summed E-state index contributed by atoms with van der Waals surface area (Å²) in [5.74, 6) is 0.526. The Kier molecular flexibility index (Phi) is 3.52. The lowest BCUT2D eigenvalue weighted by Gasteiger charge is -2.16. The van der Waals surface area contributed by atoms with Crippen molar-refractivity contribution in [2.24, 2.45) is 0 Å². The molecule has 0 amide bonds. The third kappa shape index (κ3) is 2.84. The van der Waals surface area contributed by atoms with E-state index in [1.54, 1.807) is 12.1 Å². The van der Waals surface area contributed by atoms with Crippen molar-refractivity contribution >= 4 is 16.9 Å². The summed E-state index contributed by atoms with van der Waals surface area (Å²) in [5, 5.41) is 3.34. The fourth-order valence-corrected chi connectivity index (χ4v) is 2.26. The number of halogens is 1. The summed E-state index contributed by atoms with van der Waals surface area (Å²) in [4.78, 5) is 9.16. The van der Waals surface area contributed by atoms with Crippen LogP contribution in [0.2, 0.25) is 0 Å². The number of benzene rings is 2. The molecule has 3 aromatic rings. The molecule has 0 saturated heterocycles. The standard InChI is InChI=1S/C17H16FN3/c1-11(13-7-9-14(18)10-8-13)20-17-12(2)19-15-5-3-4-6-16(15)21-17/h3-11H,1-2H3,(H,20,21). The summed E-state index contributed by atoms with van der Waals surface area (Å²) in [6, 6.07) is 14.3. The van der Waals surface area contributed by atoms with Gasteiger partial charge < -0.3 is 5.32 Å². The van der Waals surface area contributed by atoms with E-state index < -0.39 is 0 Å². The first kappa shape index (κ1) is 13.5. The Labute approximate surface area is 122 Å². The molecule has 0 bridgehead atoms. The Bertz CT molecular complexity index is 769. The molecule has 3 nitrogen and oxygen atoms in total. The zero-order valence-corrected chi connectivity index (χ0v) is 12.0. The van der Waals surface area contributed by atoms with Gasteiger partial charge in [0, 0.05) is 0 Å². The number of para-hydroxylation sites is 2. The molecule has 0 aliphatic carbocycles. The van der Waals surface area contributed by atoms with Crippen molar-refractivity contribution in [1.82, 2.24) is 9.97 Å². The average molecular weight is 281 g/mol. The van der Waals surface area contributed by atoms with Crippen LogP contribution in [-0.2, 0) is 0 Å². The predicted octanol–water partition coefficient (Wildman–Crippen LogP) is 4.25. The normalized spacial score (nSPS) is 12.3. The monoisotopic (exact) mass is 281 g/mol. The predicted molar refractivity (Wildman–Crippen MR) is 82.7 cm³/mol. The zero-order valence-electron chi connectivity index (χ0n) is 12.0. The Morgan fingerprint density at radius 3 is 2.24 bits per heavy atom. The van der Waals surface area contributed by atoms with Crippen LogP contribution in [0.1, 0.15) is 24.2 Å². The molecule has 1 atom stereocenters. The summed E-state index contributed by atoms with van der Waals surface area (Å²) in [6.07, 6.45) is 0. The largest absolute Gasteiger partial charge is 0.362 e. The maximum Gasteiger partial charge on any atom is 0.148 e. The molecule has 1 unspecified atom stereocenters. The van der Waals surface area contributed by atoms with E-state index in [1.807, 2.05) is 38.1 Å². The quantitative estimate of drug-likeness (QED) is 0.780. The molecule has 4 heteroatoms. The molecule has 0 fully saturated rings. The minimum absolute atomic E-state index is 0.0276. The molecule has 0 aliphatic heterocycles. The molecule has 3 rings (SSSR count). The first-order valence-electron chi connectivity index (χ1n) is 6.89. The molecule has 21 heavy (non-hydrogen) atoms. The molecular formula is C17H16FN3. The van der Waals surface area contributed by atoms with Crippen LogP contribution in [0.5, 0.6) is 0 Å². The molecule has 0 radical (unpaired) electrons. The maximum atomic E-state index is 13.0.